The molecule has 0 unspecified atom stereocenters. The van der Waals surface area contributed by atoms with Gasteiger partial charge in [-0.1, -0.05) is 12.1 Å². The van der Waals surface area contributed by atoms with Crippen molar-refractivity contribution in [3.05, 3.63) is 46.5 Å². The molecule has 1 aromatic carbocycles. The molecule has 11 nitrogen and oxygen atoms in total. The molecular formula is C19H16N2O9. The summed E-state index contributed by atoms with van der Waals surface area (Å²) >= 11 is 0. The minimum Gasteiger partial charge on any atom is -0.422 e. The van der Waals surface area contributed by atoms with E-state index in [4.69, 9.17) is 14.2 Å². The minimum atomic E-state index is -1.67. The molecule has 30 heavy (non-hydrogen) atoms. The van der Waals surface area contributed by atoms with Crippen LogP contribution in [-0.4, -0.2) is 46.7 Å². The fraction of sp³-hybridized carbons (Fsp3) is 0.368. The number of amides is 2. The Hall–Kier alpha value is -3.60. The molecule has 2 bridgehead atoms. The number of carbonyl (C=O) groups is 4. The molecule has 0 saturated carbocycles. The Bertz CT molecular complexity index is 1000. The summed E-state index contributed by atoms with van der Waals surface area (Å²) < 4.78 is 16.1. The number of hydrogen-bond donors (Lipinski definition) is 0. The lowest BCUT2D eigenvalue weighted by molar-refractivity contribution is -0.384. The van der Waals surface area contributed by atoms with Gasteiger partial charge < -0.3 is 14.2 Å². The molecule has 11 heteroatoms. The van der Waals surface area contributed by atoms with Crippen molar-refractivity contribution >= 4 is 35.1 Å². The third-order valence-electron chi connectivity index (χ3n) is 5.29. The molecule has 3 aliphatic heterocycles. The van der Waals surface area contributed by atoms with Gasteiger partial charge in [-0.25, -0.2) is 4.90 Å². The summed E-state index contributed by atoms with van der Waals surface area (Å²) in [5.41, 5.74) is -1.91. The van der Waals surface area contributed by atoms with Crippen molar-refractivity contribution in [2.24, 2.45) is 11.8 Å². The summed E-state index contributed by atoms with van der Waals surface area (Å²) in [5.74, 6) is -4.93. The van der Waals surface area contributed by atoms with Gasteiger partial charge in [0.2, 0.25) is 11.8 Å². The standard InChI is InChI=1S/C19H16N2O9/c1-9(22)28-18(29-10(2)23)19-7-6-13(30-19)14-15(19)17(25)20(16(14)24)11-4-3-5-12(8-11)21(26)27/h3-8,13-15,18H,1-2H3/t13-,14+,15+,19+/m1/s1. The molecule has 4 atom stereocenters. The number of imide groups is 1. The van der Waals surface area contributed by atoms with Gasteiger partial charge in [-0.2, -0.15) is 0 Å². The van der Waals surface area contributed by atoms with Crippen LogP contribution in [0.25, 0.3) is 0 Å². The maximum Gasteiger partial charge on any atom is 0.305 e. The monoisotopic (exact) mass is 416 g/mol. The molecule has 1 aromatic rings. The first-order valence-electron chi connectivity index (χ1n) is 8.99. The van der Waals surface area contributed by atoms with Gasteiger partial charge in [0.15, 0.2) is 5.60 Å². The van der Waals surface area contributed by atoms with Crippen LogP contribution >= 0.6 is 0 Å². The molecule has 0 aromatic heterocycles. The Labute approximate surface area is 169 Å². The maximum atomic E-state index is 13.3. The third kappa shape index (κ3) is 2.77. The zero-order chi connectivity index (χ0) is 21.8. The zero-order valence-electron chi connectivity index (χ0n) is 15.8. The molecule has 3 heterocycles. The number of fused-ring (bicyclic) bond motifs is 5. The highest BCUT2D eigenvalue weighted by Gasteiger charge is 2.72. The van der Waals surface area contributed by atoms with E-state index in [2.05, 4.69) is 0 Å². The van der Waals surface area contributed by atoms with E-state index in [1.807, 2.05) is 0 Å². The first-order valence-corrected chi connectivity index (χ1v) is 8.99. The predicted molar refractivity (Wildman–Crippen MR) is 96.6 cm³/mol. The number of esters is 2. The first-order chi connectivity index (χ1) is 14.2. The predicted octanol–water partition coefficient (Wildman–Crippen LogP) is 0.860. The van der Waals surface area contributed by atoms with Crippen molar-refractivity contribution < 1.29 is 38.3 Å². The number of benzene rings is 1. The smallest absolute Gasteiger partial charge is 0.305 e. The van der Waals surface area contributed by atoms with Crippen LogP contribution in [0.5, 0.6) is 0 Å². The Morgan fingerprint density at radius 1 is 1.20 bits per heavy atom. The highest BCUT2D eigenvalue weighted by atomic mass is 16.7. The molecule has 3 aliphatic rings. The molecule has 0 aliphatic carbocycles. The zero-order valence-corrected chi connectivity index (χ0v) is 15.8. The lowest BCUT2D eigenvalue weighted by Crippen LogP contribution is -2.52. The van der Waals surface area contributed by atoms with Crippen LogP contribution in [0.15, 0.2) is 36.4 Å². The van der Waals surface area contributed by atoms with E-state index < -0.39 is 58.5 Å². The third-order valence-corrected chi connectivity index (χ3v) is 5.29. The van der Waals surface area contributed by atoms with Crippen LogP contribution in [0.2, 0.25) is 0 Å². The van der Waals surface area contributed by atoms with Gasteiger partial charge in [-0.3, -0.25) is 29.3 Å². The van der Waals surface area contributed by atoms with Crippen molar-refractivity contribution in [2.75, 3.05) is 4.90 Å². The number of rotatable bonds is 5. The fourth-order valence-corrected chi connectivity index (χ4v) is 4.22. The van der Waals surface area contributed by atoms with E-state index in [9.17, 15) is 29.3 Å². The maximum absolute atomic E-state index is 13.3. The second-order valence-corrected chi connectivity index (χ2v) is 7.14. The number of anilines is 1. The molecule has 2 saturated heterocycles. The largest absolute Gasteiger partial charge is 0.422 e. The highest BCUT2D eigenvalue weighted by Crippen LogP contribution is 2.54. The van der Waals surface area contributed by atoms with E-state index in [0.29, 0.717) is 0 Å². The SMILES string of the molecule is CC(=O)OC(OC(C)=O)[C@@]12C=C[C@@H](O1)[C@@H]1C(=O)N(c3cccc([N+](=O)[O-])c3)C(=O)[C@H]12. The van der Waals surface area contributed by atoms with Crippen LogP contribution in [0, 0.1) is 22.0 Å². The van der Waals surface area contributed by atoms with Crippen molar-refractivity contribution in [1.29, 1.82) is 0 Å². The van der Waals surface area contributed by atoms with E-state index >= 15 is 0 Å². The number of nitro groups is 1. The van der Waals surface area contributed by atoms with E-state index in [0.717, 1.165) is 24.8 Å². The number of nitrogens with zero attached hydrogens (tertiary/aromatic N) is 2. The van der Waals surface area contributed by atoms with Crippen molar-refractivity contribution in [1.82, 2.24) is 0 Å². The van der Waals surface area contributed by atoms with E-state index in [1.54, 1.807) is 6.08 Å². The quantitative estimate of drug-likeness (QED) is 0.170. The summed E-state index contributed by atoms with van der Waals surface area (Å²) in [6.45, 7) is 2.21. The van der Waals surface area contributed by atoms with Crippen LogP contribution in [0.4, 0.5) is 11.4 Å². The topological polar surface area (TPSA) is 142 Å². The number of hydrogen-bond acceptors (Lipinski definition) is 9. The van der Waals surface area contributed by atoms with Crippen molar-refractivity contribution in [3.63, 3.8) is 0 Å². The van der Waals surface area contributed by atoms with Crippen molar-refractivity contribution in [3.8, 4) is 0 Å². The second-order valence-electron chi connectivity index (χ2n) is 7.14. The normalized spacial score (nSPS) is 28.8. The average Bonchev–Trinajstić information content (AvgIpc) is 3.32. The summed E-state index contributed by atoms with van der Waals surface area (Å²) in [6.07, 6.45) is 0.621. The van der Waals surface area contributed by atoms with Crippen LogP contribution in [0.1, 0.15) is 13.8 Å². The van der Waals surface area contributed by atoms with E-state index in [-0.39, 0.29) is 11.4 Å². The molecule has 0 N–H and O–H groups in total. The van der Waals surface area contributed by atoms with Gasteiger partial charge in [0.25, 0.3) is 12.0 Å². The van der Waals surface area contributed by atoms with Gasteiger partial charge in [-0.05, 0) is 12.1 Å². The molecular weight excluding hydrogens is 400 g/mol. The van der Waals surface area contributed by atoms with Crippen LogP contribution in [-0.2, 0) is 33.4 Å². The summed E-state index contributed by atoms with van der Waals surface area (Å²) in [5, 5.41) is 11.1. The number of non-ortho nitro benzene ring substituents is 1. The van der Waals surface area contributed by atoms with E-state index in [1.165, 1.54) is 24.3 Å². The van der Waals surface area contributed by atoms with Gasteiger partial charge in [0, 0.05) is 26.0 Å². The fourth-order valence-electron chi connectivity index (χ4n) is 4.22. The molecule has 0 spiro atoms. The number of carbonyl (C=O) groups excluding carboxylic acids is 4. The number of ether oxygens (including phenoxy) is 3. The van der Waals surface area contributed by atoms with Crippen LogP contribution < -0.4 is 4.90 Å². The lowest BCUT2D eigenvalue weighted by atomic mass is 9.76. The minimum absolute atomic E-state index is 0.0414. The Kier molecular flexibility index (Phi) is 4.42. The second kappa shape index (κ2) is 6.73. The average molecular weight is 416 g/mol. The summed E-state index contributed by atoms with van der Waals surface area (Å²) in [6, 6.07) is 5.13. The molecule has 156 valence electrons. The molecule has 2 amide bonds. The van der Waals surface area contributed by atoms with Gasteiger partial charge >= 0.3 is 11.9 Å². The van der Waals surface area contributed by atoms with Gasteiger partial charge in [0.1, 0.15) is 0 Å². The Morgan fingerprint density at radius 2 is 1.87 bits per heavy atom. The van der Waals surface area contributed by atoms with Crippen molar-refractivity contribution in [2.45, 2.75) is 31.8 Å². The highest BCUT2D eigenvalue weighted by molar-refractivity contribution is 6.23. The Morgan fingerprint density at radius 3 is 2.47 bits per heavy atom. The van der Waals surface area contributed by atoms with Gasteiger partial charge in [0.05, 0.1) is 28.6 Å². The van der Waals surface area contributed by atoms with Crippen LogP contribution in [0.3, 0.4) is 0 Å². The summed E-state index contributed by atoms with van der Waals surface area (Å²) in [7, 11) is 0. The Balaban J connectivity index is 1.75. The molecule has 2 fully saturated rings. The van der Waals surface area contributed by atoms with Gasteiger partial charge in [-0.15, -0.1) is 0 Å². The number of nitro benzene ring substituents is 1. The first kappa shape index (κ1) is 19.7. The lowest BCUT2D eigenvalue weighted by Gasteiger charge is -2.34. The molecule has 4 rings (SSSR count). The molecule has 0 radical (unpaired) electrons. The summed E-state index contributed by atoms with van der Waals surface area (Å²) in [4.78, 5) is 60.8.